The van der Waals surface area contributed by atoms with Gasteiger partial charge in [-0.15, -0.1) is 0 Å². The maximum absolute atomic E-state index is 9.99. The highest BCUT2D eigenvalue weighted by molar-refractivity contribution is 7.07. The Morgan fingerprint density at radius 1 is 1.47 bits per heavy atom. The van der Waals surface area contributed by atoms with E-state index >= 15 is 0 Å². The number of hydrogen-bond acceptors (Lipinski definition) is 3. The molecule has 17 heavy (non-hydrogen) atoms. The van der Waals surface area contributed by atoms with Gasteiger partial charge in [-0.1, -0.05) is 13.8 Å². The zero-order valence-corrected chi connectivity index (χ0v) is 11.6. The summed E-state index contributed by atoms with van der Waals surface area (Å²) in [7, 11) is 0. The van der Waals surface area contributed by atoms with Gasteiger partial charge >= 0.3 is 0 Å². The second kappa shape index (κ2) is 5.51. The number of aliphatic hydroxyl groups is 1. The van der Waals surface area contributed by atoms with Crippen LogP contribution in [0.4, 0.5) is 0 Å². The van der Waals surface area contributed by atoms with Crippen molar-refractivity contribution in [1.82, 2.24) is 5.32 Å². The minimum Gasteiger partial charge on any atom is -0.387 e. The molecule has 1 aliphatic carbocycles. The third-order valence-electron chi connectivity index (χ3n) is 3.87. The van der Waals surface area contributed by atoms with E-state index < -0.39 is 0 Å². The Labute approximate surface area is 108 Å². The van der Waals surface area contributed by atoms with Gasteiger partial charge in [0.05, 0.1) is 6.10 Å². The van der Waals surface area contributed by atoms with Crippen LogP contribution in [-0.4, -0.2) is 17.7 Å². The molecule has 0 saturated heterocycles. The second-order valence-electron chi connectivity index (χ2n) is 5.92. The second-order valence-corrected chi connectivity index (χ2v) is 6.70. The van der Waals surface area contributed by atoms with Crippen molar-refractivity contribution in [2.45, 2.75) is 51.7 Å². The molecule has 96 valence electrons. The van der Waals surface area contributed by atoms with Gasteiger partial charge in [-0.3, -0.25) is 0 Å². The number of thiophene rings is 1. The summed E-state index contributed by atoms with van der Waals surface area (Å²) in [6.07, 6.45) is 4.71. The lowest BCUT2D eigenvalue weighted by molar-refractivity contribution is 0.152. The highest BCUT2D eigenvalue weighted by Gasteiger charge is 2.26. The Hall–Kier alpha value is -0.380. The Morgan fingerprint density at radius 3 is 2.76 bits per heavy atom. The normalized spacial score (nSPS) is 22.5. The van der Waals surface area contributed by atoms with Crippen LogP contribution in [-0.2, 0) is 0 Å². The van der Waals surface area contributed by atoms with E-state index in [2.05, 4.69) is 19.2 Å². The summed E-state index contributed by atoms with van der Waals surface area (Å²) in [5.41, 5.74) is 1.56. The molecule has 1 unspecified atom stereocenters. The fourth-order valence-corrected chi connectivity index (χ4v) is 3.17. The van der Waals surface area contributed by atoms with E-state index in [1.807, 2.05) is 16.8 Å². The van der Waals surface area contributed by atoms with Crippen molar-refractivity contribution in [2.75, 3.05) is 6.54 Å². The maximum atomic E-state index is 9.99. The molecule has 0 aromatic carbocycles. The minimum absolute atomic E-state index is 0.351. The largest absolute Gasteiger partial charge is 0.387 e. The zero-order chi connectivity index (χ0) is 12.3. The predicted molar refractivity (Wildman–Crippen MR) is 73.3 cm³/mol. The quantitative estimate of drug-likeness (QED) is 0.862. The molecule has 0 bridgehead atoms. The molecule has 0 spiro atoms. The summed E-state index contributed by atoms with van der Waals surface area (Å²) in [5.74, 6) is 0. The van der Waals surface area contributed by atoms with Crippen LogP contribution in [0.5, 0.6) is 0 Å². The summed E-state index contributed by atoms with van der Waals surface area (Å²) < 4.78 is 0. The Morgan fingerprint density at radius 2 is 2.18 bits per heavy atom. The van der Waals surface area contributed by atoms with Gasteiger partial charge in [-0.05, 0) is 53.5 Å². The number of nitrogens with one attached hydrogen (secondary N) is 1. The van der Waals surface area contributed by atoms with Crippen LogP contribution >= 0.6 is 11.3 Å². The van der Waals surface area contributed by atoms with E-state index in [4.69, 9.17) is 0 Å². The fraction of sp³-hybridized carbons (Fsp3) is 0.714. The van der Waals surface area contributed by atoms with Gasteiger partial charge in [0.1, 0.15) is 0 Å². The molecule has 2 N–H and O–H groups in total. The molecule has 1 atom stereocenters. The Balaban J connectivity index is 1.73. The first-order valence-corrected chi connectivity index (χ1v) is 7.45. The van der Waals surface area contributed by atoms with Crippen molar-refractivity contribution in [1.29, 1.82) is 0 Å². The Bertz CT molecular complexity index is 324. The van der Waals surface area contributed by atoms with Crippen LogP contribution in [0.3, 0.4) is 0 Å². The first kappa shape index (κ1) is 13.1. The summed E-state index contributed by atoms with van der Waals surface area (Å²) in [6.45, 7) is 5.38. The summed E-state index contributed by atoms with van der Waals surface area (Å²) >= 11 is 1.64. The Kier molecular flexibility index (Phi) is 4.23. The molecular formula is C14H23NOS. The van der Waals surface area contributed by atoms with Gasteiger partial charge in [-0.25, -0.2) is 0 Å². The molecule has 1 fully saturated rings. The summed E-state index contributed by atoms with van der Waals surface area (Å²) in [4.78, 5) is 0. The molecule has 2 nitrogen and oxygen atoms in total. The van der Waals surface area contributed by atoms with Crippen molar-refractivity contribution in [3.05, 3.63) is 22.4 Å². The standard InChI is InChI=1S/C14H23NOS/c1-14(2)6-3-12(4-7-14)15-9-13(16)11-5-8-17-10-11/h5,8,10,12-13,15-16H,3-4,6-7,9H2,1-2H3. The molecule has 1 saturated carbocycles. The molecule has 2 rings (SSSR count). The number of rotatable bonds is 4. The van der Waals surface area contributed by atoms with Crippen LogP contribution in [0.25, 0.3) is 0 Å². The lowest BCUT2D eigenvalue weighted by atomic mass is 9.75. The van der Waals surface area contributed by atoms with Crippen LogP contribution in [0.15, 0.2) is 16.8 Å². The van der Waals surface area contributed by atoms with E-state index in [0.29, 0.717) is 18.0 Å². The van der Waals surface area contributed by atoms with Gasteiger partial charge in [-0.2, -0.15) is 11.3 Å². The molecule has 0 radical (unpaired) electrons. The van der Waals surface area contributed by atoms with E-state index in [9.17, 15) is 5.11 Å². The van der Waals surface area contributed by atoms with Crippen molar-refractivity contribution in [3.63, 3.8) is 0 Å². The lowest BCUT2D eigenvalue weighted by Gasteiger charge is -2.35. The van der Waals surface area contributed by atoms with Gasteiger partial charge in [0.2, 0.25) is 0 Å². The average molecular weight is 253 g/mol. The molecule has 0 aliphatic heterocycles. The summed E-state index contributed by atoms with van der Waals surface area (Å²) in [5, 5.41) is 17.5. The van der Waals surface area contributed by atoms with Gasteiger partial charge in [0.25, 0.3) is 0 Å². The van der Waals surface area contributed by atoms with E-state index in [1.54, 1.807) is 11.3 Å². The SMILES string of the molecule is CC1(C)CCC(NCC(O)c2ccsc2)CC1. The highest BCUT2D eigenvalue weighted by Crippen LogP contribution is 2.35. The smallest absolute Gasteiger partial charge is 0.0922 e. The fourth-order valence-electron chi connectivity index (χ4n) is 2.46. The van der Waals surface area contributed by atoms with Crippen LogP contribution in [0.1, 0.15) is 51.2 Å². The monoisotopic (exact) mass is 253 g/mol. The van der Waals surface area contributed by atoms with Gasteiger partial charge in [0.15, 0.2) is 0 Å². The molecule has 1 aromatic heterocycles. The molecule has 0 amide bonds. The zero-order valence-electron chi connectivity index (χ0n) is 10.8. The molecule has 1 heterocycles. The van der Waals surface area contributed by atoms with Crippen LogP contribution in [0, 0.1) is 5.41 Å². The molecular weight excluding hydrogens is 230 g/mol. The third-order valence-corrected chi connectivity index (χ3v) is 4.57. The minimum atomic E-state index is -0.351. The number of hydrogen-bond donors (Lipinski definition) is 2. The van der Waals surface area contributed by atoms with Crippen molar-refractivity contribution >= 4 is 11.3 Å². The van der Waals surface area contributed by atoms with E-state index in [-0.39, 0.29) is 6.10 Å². The van der Waals surface area contributed by atoms with Crippen LogP contribution < -0.4 is 5.32 Å². The average Bonchev–Trinajstić information content (AvgIpc) is 2.80. The lowest BCUT2D eigenvalue weighted by Crippen LogP contribution is -2.37. The van der Waals surface area contributed by atoms with E-state index in [0.717, 1.165) is 5.56 Å². The van der Waals surface area contributed by atoms with Crippen molar-refractivity contribution in [3.8, 4) is 0 Å². The van der Waals surface area contributed by atoms with Crippen molar-refractivity contribution in [2.24, 2.45) is 5.41 Å². The molecule has 1 aromatic rings. The third kappa shape index (κ3) is 3.80. The maximum Gasteiger partial charge on any atom is 0.0922 e. The van der Waals surface area contributed by atoms with Crippen LogP contribution in [0.2, 0.25) is 0 Å². The predicted octanol–water partition coefficient (Wildman–Crippen LogP) is 3.34. The molecule has 1 aliphatic rings. The van der Waals surface area contributed by atoms with Gasteiger partial charge < -0.3 is 10.4 Å². The summed E-state index contributed by atoms with van der Waals surface area (Å²) in [6, 6.07) is 2.59. The first-order valence-electron chi connectivity index (χ1n) is 6.50. The number of aliphatic hydroxyl groups excluding tert-OH is 1. The molecule has 3 heteroatoms. The van der Waals surface area contributed by atoms with E-state index in [1.165, 1.54) is 25.7 Å². The van der Waals surface area contributed by atoms with Crippen molar-refractivity contribution < 1.29 is 5.11 Å². The van der Waals surface area contributed by atoms with Gasteiger partial charge in [0, 0.05) is 12.6 Å². The topological polar surface area (TPSA) is 32.3 Å². The first-order chi connectivity index (χ1) is 8.07. The highest BCUT2D eigenvalue weighted by atomic mass is 32.1.